The van der Waals surface area contributed by atoms with Crippen LogP contribution >= 0.6 is 0 Å². The summed E-state index contributed by atoms with van der Waals surface area (Å²) in [7, 11) is 0. The van der Waals surface area contributed by atoms with Crippen molar-refractivity contribution in [3.63, 3.8) is 0 Å². The first-order valence-electron chi connectivity index (χ1n) is 9.76. The lowest BCUT2D eigenvalue weighted by atomic mass is 9.97. The SMILES string of the molecule is C=C(/C=C(/C)CCC(C)CCC)Nc1ccnc(/C=C/c2ccccc2)n1. The van der Waals surface area contributed by atoms with Crippen LogP contribution in [-0.4, -0.2) is 9.97 Å². The number of hydrogen-bond donors (Lipinski definition) is 1. The van der Waals surface area contributed by atoms with Crippen LogP contribution in [0.15, 0.2) is 66.5 Å². The number of benzene rings is 1. The zero-order chi connectivity index (χ0) is 19.5. The summed E-state index contributed by atoms with van der Waals surface area (Å²) in [6, 6.07) is 12.0. The Labute approximate surface area is 164 Å². The number of aromatic nitrogens is 2. The van der Waals surface area contributed by atoms with Crippen LogP contribution in [0, 0.1) is 5.92 Å². The van der Waals surface area contributed by atoms with Gasteiger partial charge in [-0.3, -0.25) is 0 Å². The van der Waals surface area contributed by atoms with Crippen molar-refractivity contribution in [1.82, 2.24) is 9.97 Å². The quantitative estimate of drug-likeness (QED) is 0.476. The molecule has 0 spiro atoms. The predicted molar refractivity (Wildman–Crippen MR) is 117 cm³/mol. The zero-order valence-corrected chi connectivity index (χ0v) is 16.8. The molecule has 1 heterocycles. The third kappa shape index (κ3) is 8.04. The minimum Gasteiger partial charge on any atom is -0.341 e. The van der Waals surface area contributed by atoms with Gasteiger partial charge in [0.25, 0.3) is 0 Å². The summed E-state index contributed by atoms with van der Waals surface area (Å²) in [6.45, 7) is 10.9. The smallest absolute Gasteiger partial charge is 0.154 e. The van der Waals surface area contributed by atoms with Crippen LogP contribution in [0.2, 0.25) is 0 Å². The molecule has 1 aromatic heterocycles. The molecular weight excluding hydrogens is 330 g/mol. The molecule has 1 N–H and O–H groups in total. The van der Waals surface area contributed by atoms with Crippen molar-refractivity contribution in [3.05, 3.63) is 77.9 Å². The first-order chi connectivity index (χ1) is 13.1. The van der Waals surface area contributed by atoms with Crippen LogP contribution in [0.5, 0.6) is 0 Å². The summed E-state index contributed by atoms with van der Waals surface area (Å²) in [5.74, 6) is 2.21. The third-order valence-electron chi connectivity index (χ3n) is 4.42. The lowest BCUT2D eigenvalue weighted by Gasteiger charge is -2.11. The Balaban J connectivity index is 1.92. The Bertz CT molecular complexity index is 775. The van der Waals surface area contributed by atoms with Crippen LogP contribution in [0.1, 0.15) is 57.8 Å². The van der Waals surface area contributed by atoms with Crippen molar-refractivity contribution in [2.24, 2.45) is 5.92 Å². The van der Waals surface area contributed by atoms with Gasteiger partial charge in [-0.05, 0) is 49.5 Å². The Morgan fingerprint density at radius 3 is 2.67 bits per heavy atom. The van der Waals surface area contributed by atoms with Gasteiger partial charge in [-0.1, -0.05) is 75.2 Å². The Hall–Kier alpha value is -2.68. The van der Waals surface area contributed by atoms with Crippen molar-refractivity contribution in [3.8, 4) is 0 Å². The Kier molecular flexibility index (Phi) is 8.50. The lowest BCUT2D eigenvalue weighted by molar-refractivity contribution is 0.485. The second-order valence-corrected chi connectivity index (χ2v) is 7.12. The van der Waals surface area contributed by atoms with Crippen LogP contribution < -0.4 is 5.32 Å². The number of allylic oxidation sites excluding steroid dienone is 2. The number of anilines is 1. The maximum Gasteiger partial charge on any atom is 0.154 e. The van der Waals surface area contributed by atoms with Gasteiger partial charge in [0.1, 0.15) is 5.82 Å². The monoisotopic (exact) mass is 361 g/mol. The highest BCUT2D eigenvalue weighted by Crippen LogP contribution is 2.17. The third-order valence-corrected chi connectivity index (χ3v) is 4.42. The molecular formula is C24H31N3. The van der Waals surface area contributed by atoms with Gasteiger partial charge in [-0.15, -0.1) is 0 Å². The highest BCUT2D eigenvalue weighted by atomic mass is 15.0. The Morgan fingerprint density at radius 1 is 1.15 bits per heavy atom. The fraction of sp³-hybridized carbons (Fsp3) is 0.333. The van der Waals surface area contributed by atoms with Gasteiger partial charge in [0.05, 0.1) is 0 Å². The molecule has 0 aliphatic carbocycles. The van der Waals surface area contributed by atoms with E-state index in [0.29, 0.717) is 5.82 Å². The fourth-order valence-corrected chi connectivity index (χ4v) is 2.94. The predicted octanol–water partition coefficient (Wildman–Crippen LogP) is 6.74. The van der Waals surface area contributed by atoms with Crippen molar-refractivity contribution >= 4 is 18.0 Å². The summed E-state index contributed by atoms with van der Waals surface area (Å²) in [6.07, 6.45) is 12.7. The second-order valence-electron chi connectivity index (χ2n) is 7.12. The van der Waals surface area contributed by atoms with E-state index in [2.05, 4.69) is 60.8 Å². The molecule has 142 valence electrons. The summed E-state index contributed by atoms with van der Waals surface area (Å²) in [5, 5.41) is 3.27. The minimum absolute atomic E-state index is 0.672. The average molecular weight is 362 g/mol. The standard InChI is InChI=1S/C24H31N3/c1-5-9-19(2)12-13-20(3)18-21(4)26-24-16-17-25-23(27-24)15-14-22-10-7-6-8-11-22/h6-8,10-11,14-19H,4-5,9,12-13H2,1-3H3,(H,25,26,27)/b15-14+,20-18-. The molecule has 1 atom stereocenters. The topological polar surface area (TPSA) is 37.8 Å². The Morgan fingerprint density at radius 2 is 1.93 bits per heavy atom. The van der Waals surface area contributed by atoms with E-state index in [4.69, 9.17) is 0 Å². The van der Waals surface area contributed by atoms with E-state index < -0.39 is 0 Å². The number of rotatable bonds is 10. The number of nitrogens with zero attached hydrogens (tertiary/aromatic N) is 2. The van der Waals surface area contributed by atoms with Crippen molar-refractivity contribution in [2.45, 2.75) is 46.5 Å². The molecule has 0 aliphatic rings. The van der Waals surface area contributed by atoms with Gasteiger partial charge in [0.2, 0.25) is 0 Å². The van der Waals surface area contributed by atoms with E-state index in [0.717, 1.165) is 29.4 Å². The molecule has 3 nitrogen and oxygen atoms in total. The van der Waals surface area contributed by atoms with Crippen molar-refractivity contribution in [1.29, 1.82) is 0 Å². The molecule has 2 aromatic rings. The van der Waals surface area contributed by atoms with Crippen molar-refractivity contribution in [2.75, 3.05) is 5.32 Å². The summed E-state index contributed by atoms with van der Waals surface area (Å²) < 4.78 is 0. The van der Waals surface area contributed by atoms with Crippen molar-refractivity contribution < 1.29 is 0 Å². The maximum atomic E-state index is 4.53. The van der Waals surface area contributed by atoms with E-state index in [-0.39, 0.29) is 0 Å². The summed E-state index contributed by atoms with van der Waals surface area (Å²) in [5.41, 5.74) is 3.32. The highest BCUT2D eigenvalue weighted by molar-refractivity contribution is 5.67. The average Bonchev–Trinajstić information content (AvgIpc) is 2.66. The van der Waals surface area contributed by atoms with E-state index >= 15 is 0 Å². The van der Waals surface area contributed by atoms with E-state index in [9.17, 15) is 0 Å². The van der Waals surface area contributed by atoms with Gasteiger partial charge in [0, 0.05) is 11.9 Å². The molecule has 2 rings (SSSR count). The van der Waals surface area contributed by atoms with Crippen LogP contribution in [0.3, 0.4) is 0 Å². The number of nitrogens with one attached hydrogen (secondary N) is 1. The maximum absolute atomic E-state index is 4.53. The second kappa shape index (κ2) is 11.1. The summed E-state index contributed by atoms with van der Waals surface area (Å²) in [4.78, 5) is 8.84. The molecule has 27 heavy (non-hydrogen) atoms. The largest absolute Gasteiger partial charge is 0.341 e. The first-order valence-corrected chi connectivity index (χ1v) is 9.76. The highest BCUT2D eigenvalue weighted by Gasteiger charge is 2.02. The van der Waals surface area contributed by atoms with Gasteiger partial charge in [0.15, 0.2) is 5.82 Å². The van der Waals surface area contributed by atoms with Gasteiger partial charge in [-0.2, -0.15) is 0 Å². The molecule has 0 radical (unpaired) electrons. The molecule has 0 saturated heterocycles. The fourth-order valence-electron chi connectivity index (χ4n) is 2.94. The van der Waals surface area contributed by atoms with Crippen LogP contribution in [0.25, 0.3) is 12.2 Å². The normalized spacial score (nSPS) is 12.9. The summed E-state index contributed by atoms with van der Waals surface area (Å²) >= 11 is 0. The molecule has 1 unspecified atom stereocenters. The molecule has 1 aromatic carbocycles. The molecule has 0 bridgehead atoms. The van der Waals surface area contributed by atoms with Gasteiger partial charge < -0.3 is 5.32 Å². The molecule has 0 saturated carbocycles. The lowest BCUT2D eigenvalue weighted by Crippen LogP contribution is -2.01. The van der Waals surface area contributed by atoms with E-state index in [1.807, 2.05) is 36.4 Å². The van der Waals surface area contributed by atoms with Crippen LogP contribution in [-0.2, 0) is 0 Å². The van der Waals surface area contributed by atoms with E-state index in [1.165, 1.54) is 24.8 Å². The van der Waals surface area contributed by atoms with E-state index in [1.54, 1.807) is 6.20 Å². The molecule has 0 fully saturated rings. The zero-order valence-electron chi connectivity index (χ0n) is 16.8. The molecule has 0 aliphatic heterocycles. The van der Waals surface area contributed by atoms with Gasteiger partial charge in [-0.25, -0.2) is 9.97 Å². The first kappa shape index (κ1) is 20.6. The molecule has 0 amide bonds. The van der Waals surface area contributed by atoms with Gasteiger partial charge >= 0.3 is 0 Å². The van der Waals surface area contributed by atoms with Crippen LogP contribution in [0.4, 0.5) is 5.82 Å². The minimum atomic E-state index is 0.672. The molecule has 3 heteroatoms. The number of hydrogen-bond acceptors (Lipinski definition) is 3.